The molecule has 0 aromatic heterocycles. The van der Waals surface area contributed by atoms with E-state index in [1.807, 2.05) is 0 Å². The molecule has 0 atom stereocenters. The van der Waals surface area contributed by atoms with Gasteiger partial charge in [0.15, 0.2) is 0 Å². The number of amides is 1. The molecule has 2 aromatic rings. The number of ether oxygens (including phenoxy) is 1. The number of carbonyl (C=O) groups excluding carboxylic acids is 1. The van der Waals surface area contributed by atoms with E-state index in [1.165, 1.54) is 30.3 Å². The SMILES string of the molecule is CCOc1ccc(S(=O)(=O)N(CC(=O)Nc2ccc(Cl)cc2C(F)(F)F)C2CCCCC2)cc1. The number of sulfonamides is 1. The maximum absolute atomic E-state index is 13.5. The number of nitrogens with zero attached hydrogens (tertiary/aromatic N) is 1. The van der Waals surface area contributed by atoms with Crippen molar-refractivity contribution in [2.45, 2.75) is 56.1 Å². The van der Waals surface area contributed by atoms with E-state index in [0.29, 0.717) is 31.3 Å². The molecule has 6 nitrogen and oxygen atoms in total. The second-order valence-corrected chi connectivity index (χ2v) is 10.3. The predicted molar refractivity (Wildman–Crippen MR) is 123 cm³/mol. The van der Waals surface area contributed by atoms with Crippen LogP contribution in [-0.2, 0) is 21.0 Å². The molecule has 0 unspecified atom stereocenters. The van der Waals surface area contributed by atoms with E-state index in [9.17, 15) is 26.4 Å². The molecular formula is C23H26ClF3N2O4S. The third-order valence-electron chi connectivity index (χ3n) is 5.58. The topological polar surface area (TPSA) is 75.7 Å². The molecule has 34 heavy (non-hydrogen) atoms. The van der Waals surface area contributed by atoms with Gasteiger partial charge in [0, 0.05) is 11.1 Å². The molecule has 0 aliphatic heterocycles. The van der Waals surface area contributed by atoms with E-state index in [0.717, 1.165) is 29.6 Å². The normalized spacial score (nSPS) is 15.4. The summed E-state index contributed by atoms with van der Waals surface area (Å²) in [5.74, 6) is -0.362. The van der Waals surface area contributed by atoms with Crippen LogP contribution in [0.3, 0.4) is 0 Å². The van der Waals surface area contributed by atoms with E-state index >= 15 is 0 Å². The first-order valence-corrected chi connectivity index (χ1v) is 12.8. The van der Waals surface area contributed by atoms with Crippen molar-refractivity contribution in [2.75, 3.05) is 18.5 Å². The number of anilines is 1. The third kappa shape index (κ3) is 6.43. The average Bonchev–Trinajstić information content (AvgIpc) is 2.79. The number of carbonyl (C=O) groups is 1. The minimum absolute atomic E-state index is 0.0169. The Balaban J connectivity index is 1.88. The number of nitrogens with one attached hydrogen (secondary N) is 1. The molecule has 0 saturated heterocycles. The van der Waals surface area contributed by atoms with Gasteiger partial charge in [-0.3, -0.25) is 4.79 Å². The molecule has 3 rings (SSSR count). The lowest BCUT2D eigenvalue weighted by atomic mass is 9.95. The molecule has 0 radical (unpaired) electrons. The van der Waals surface area contributed by atoms with Crippen molar-refractivity contribution in [3.8, 4) is 5.75 Å². The van der Waals surface area contributed by atoms with Crippen molar-refractivity contribution < 1.29 is 31.1 Å². The maximum Gasteiger partial charge on any atom is 0.418 e. The predicted octanol–water partition coefficient (Wildman–Crippen LogP) is 5.72. The van der Waals surface area contributed by atoms with Gasteiger partial charge in [0.2, 0.25) is 15.9 Å². The first-order valence-electron chi connectivity index (χ1n) is 10.9. The first-order chi connectivity index (χ1) is 16.0. The first kappa shape index (κ1) is 26.3. The van der Waals surface area contributed by atoms with Crippen LogP contribution in [0, 0.1) is 0 Å². The maximum atomic E-state index is 13.5. The van der Waals surface area contributed by atoms with Crippen LogP contribution in [0.25, 0.3) is 0 Å². The second kappa shape index (κ2) is 11.0. The Labute approximate surface area is 202 Å². The van der Waals surface area contributed by atoms with Crippen LogP contribution in [0.5, 0.6) is 5.75 Å². The zero-order valence-electron chi connectivity index (χ0n) is 18.6. The summed E-state index contributed by atoms with van der Waals surface area (Å²) in [6.07, 6.45) is -1.05. The van der Waals surface area contributed by atoms with Crippen LogP contribution in [0.1, 0.15) is 44.6 Å². The highest BCUT2D eigenvalue weighted by atomic mass is 35.5. The number of rotatable bonds is 8. The molecule has 1 N–H and O–H groups in total. The number of hydrogen-bond acceptors (Lipinski definition) is 4. The smallest absolute Gasteiger partial charge is 0.418 e. The summed E-state index contributed by atoms with van der Waals surface area (Å²) < 4.78 is 73.6. The zero-order chi connectivity index (χ0) is 24.9. The average molecular weight is 519 g/mol. The fourth-order valence-electron chi connectivity index (χ4n) is 3.98. The molecule has 0 spiro atoms. The summed E-state index contributed by atoms with van der Waals surface area (Å²) in [4.78, 5) is 12.8. The molecule has 1 saturated carbocycles. The van der Waals surface area contributed by atoms with Crippen molar-refractivity contribution in [1.82, 2.24) is 4.31 Å². The summed E-state index contributed by atoms with van der Waals surface area (Å²) in [6, 6.07) is 8.41. The number of alkyl halides is 3. The summed E-state index contributed by atoms with van der Waals surface area (Å²) in [6.45, 7) is 1.62. The molecule has 1 aliphatic rings. The Morgan fingerprint density at radius 3 is 2.35 bits per heavy atom. The monoisotopic (exact) mass is 518 g/mol. The highest BCUT2D eigenvalue weighted by molar-refractivity contribution is 7.89. The zero-order valence-corrected chi connectivity index (χ0v) is 20.1. The fraction of sp³-hybridized carbons (Fsp3) is 0.435. The van der Waals surface area contributed by atoms with Crippen molar-refractivity contribution in [1.29, 1.82) is 0 Å². The summed E-state index contributed by atoms with van der Waals surface area (Å²) in [7, 11) is -4.09. The largest absolute Gasteiger partial charge is 0.494 e. The van der Waals surface area contributed by atoms with Crippen LogP contribution in [-0.4, -0.2) is 37.8 Å². The second-order valence-electron chi connectivity index (χ2n) is 7.98. The van der Waals surface area contributed by atoms with E-state index in [-0.39, 0.29) is 9.92 Å². The molecule has 0 bridgehead atoms. The highest BCUT2D eigenvalue weighted by Gasteiger charge is 2.36. The van der Waals surface area contributed by atoms with Gasteiger partial charge in [-0.2, -0.15) is 17.5 Å². The summed E-state index contributed by atoms with van der Waals surface area (Å²) >= 11 is 5.69. The van der Waals surface area contributed by atoms with Crippen LogP contribution in [0.15, 0.2) is 47.4 Å². The van der Waals surface area contributed by atoms with Gasteiger partial charge >= 0.3 is 6.18 Å². The molecule has 1 fully saturated rings. The van der Waals surface area contributed by atoms with Crippen LogP contribution < -0.4 is 10.1 Å². The van der Waals surface area contributed by atoms with Crippen LogP contribution in [0.4, 0.5) is 18.9 Å². The van der Waals surface area contributed by atoms with Crippen LogP contribution in [0.2, 0.25) is 5.02 Å². The van der Waals surface area contributed by atoms with E-state index < -0.39 is 45.9 Å². The third-order valence-corrected chi connectivity index (χ3v) is 7.73. The number of halogens is 4. The lowest BCUT2D eigenvalue weighted by Gasteiger charge is -2.33. The van der Waals surface area contributed by atoms with E-state index in [1.54, 1.807) is 6.92 Å². The van der Waals surface area contributed by atoms with Crippen molar-refractivity contribution in [3.63, 3.8) is 0 Å². The van der Waals surface area contributed by atoms with Gasteiger partial charge in [0.05, 0.1) is 29.3 Å². The minimum atomic E-state index is -4.75. The summed E-state index contributed by atoms with van der Waals surface area (Å²) in [5, 5.41) is 2.09. The Kier molecular flexibility index (Phi) is 8.48. The van der Waals surface area contributed by atoms with Crippen molar-refractivity contribution in [2.24, 2.45) is 0 Å². The Morgan fingerprint density at radius 2 is 1.76 bits per heavy atom. The highest BCUT2D eigenvalue weighted by Crippen LogP contribution is 2.36. The van der Waals surface area contributed by atoms with Crippen LogP contribution >= 0.6 is 11.6 Å². The van der Waals surface area contributed by atoms with Gasteiger partial charge in [-0.15, -0.1) is 0 Å². The fourth-order valence-corrected chi connectivity index (χ4v) is 5.79. The quantitative estimate of drug-likeness (QED) is 0.485. The Bertz CT molecular complexity index is 1100. The van der Waals surface area contributed by atoms with Gasteiger partial charge in [-0.1, -0.05) is 30.9 Å². The summed E-state index contributed by atoms with van der Waals surface area (Å²) in [5.41, 5.74) is -1.59. The lowest BCUT2D eigenvalue weighted by Crippen LogP contribution is -2.45. The molecular weight excluding hydrogens is 493 g/mol. The molecule has 1 amide bonds. The van der Waals surface area contributed by atoms with Crippen molar-refractivity contribution in [3.05, 3.63) is 53.1 Å². The standard InChI is InChI=1S/C23H26ClF3N2O4S/c1-2-33-18-9-11-19(12-10-18)34(31,32)29(17-6-4-3-5-7-17)15-22(30)28-21-13-8-16(24)14-20(21)23(25,26)27/h8-14,17H,2-7,15H2,1H3,(H,28,30). The minimum Gasteiger partial charge on any atom is -0.494 e. The number of hydrogen-bond donors (Lipinski definition) is 1. The van der Waals surface area contributed by atoms with Gasteiger partial charge in [0.1, 0.15) is 5.75 Å². The van der Waals surface area contributed by atoms with Gasteiger partial charge in [0.25, 0.3) is 0 Å². The van der Waals surface area contributed by atoms with Gasteiger partial charge < -0.3 is 10.1 Å². The van der Waals surface area contributed by atoms with E-state index in [2.05, 4.69) is 5.32 Å². The molecule has 0 heterocycles. The van der Waals surface area contributed by atoms with Gasteiger partial charge in [-0.25, -0.2) is 8.42 Å². The molecule has 2 aromatic carbocycles. The van der Waals surface area contributed by atoms with Gasteiger partial charge in [-0.05, 0) is 62.2 Å². The van der Waals surface area contributed by atoms with Crippen molar-refractivity contribution >= 4 is 33.2 Å². The van der Waals surface area contributed by atoms with E-state index in [4.69, 9.17) is 16.3 Å². The molecule has 186 valence electrons. The Morgan fingerprint density at radius 1 is 1.12 bits per heavy atom. The Hall–Kier alpha value is -2.30. The number of benzene rings is 2. The lowest BCUT2D eigenvalue weighted by molar-refractivity contribution is -0.137. The molecule has 11 heteroatoms. The molecule has 1 aliphatic carbocycles.